The van der Waals surface area contributed by atoms with Gasteiger partial charge in [0, 0.05) is 38.4 Å². The van der Waals surface area contributed by atoms with Gasteiger partial charge in [0.15, 0.2) is 10.7 Å². The lowest BCUT2D eigenvalue weighted by Crippen LogP contribution is -2.39. The fourth-order valence-electron chi connectivity index (χ4n) is 3.59. The highest BCUT2D eigenvalue weighted by atomic mass is 32.2. The summed E-state index contributed by atoms with van der Waals surface area (Å²) in [5, 5.41) is 4.95. The number of hydrogen-bond acceptors (Lipinski definition) is 5. The summed E-state index contributed by atoms with van der Waals surface area (Å²) in [6.07, 6.45) is 6.52. The highest BCUT2D eigenvalue weighted by Gasteiger charge is 2.33. The van der Waals surface area contributed by atoms with Gasteiger partial charge in [-0.3, -0.25) is 0 Å². The molecule has 138 valence electrons. The van der Waals surface area contributed by atoms with E-state index < -0.39 is 10.0 Å². The third kappa shape index (κ3) is 2.71. The number of sulfonamides is 1. The molecule has 1 aliphatic rings. The second-order valence-electron chi connectivity index (χ2n) is 6.82. The lowest BCUT2D eigenvalue weighted by atomic mass is 9.92. The Morgan fingerprint density at radius 1 is 1.15 bits per heavy atom. The maximum absolute atomic E-state index is 12.9. The summed E-state index contributed by atoms with van der Waals surface area (Å²) in [5.74, 6) is 0.938. The molecule has 26 heavy (non-hydrogen) atoms. The van der Waals surface area contributed by atoms with Gasteiger partial charge in [0.05, 0.1) is 11.9 Å². The lowest BCUT2D eigenvalue weighted by Gasteiger charge is -2.31. The van der Waals surface area contributed by atoms with Crippen molar-refractivity contribution >= 4 is 15.7 Å². The molecule has 9 heteroatoms. The Balaban J connectivity index is 1.55. The van der Waals surface area contributed by atoms with Gasteiger partial charge in [-0.1, -0.05) is 0 Å². The minimum absolute atomic E-state index is 0.251. The van der Waals surface area contributed by atoms with E-state index in [9.17, 15) is 8.42 Å². The van der Waals surface area contributed by atoms with Crippen LogP contribution in [0.3, 0.4) is 0 Å². The Labute approximate surface area is 152 Å². The standard InChI is InChI=1S/C17H22N6O2S/c1-12-10-15-18-6-9-23(15)20-17(12)14-4-7-22(8-5-14)26(24,25)16-11-19-13(2)21(16)3/h6,9-11,14H,4-5,7-8H2,1-3H3. The molecule has 1 saturated heterocycles. The number of hydrogen-bond donors (Lipinski definition) is 0. The Kier molecular flexibility index (Phi) is 4.07. The summed E-state index contributed by atoms with van der Waals surface area (Å²) in [4.78, 5) is 8.37. The molecule has 0 aliphatic carbocycles. The number of rotatable bonds is 3. The van der Waals surface area contributed by atoms with E-state index in [1.807, 2.05) is 19.2 Å². The van der Waals surface area contributed by atoms with Gasteiger partial charge in [-0.25, -0.2) is 22.9 Å². The predicted molar refractivity (Wildman–Crippen MR) is 96.4 cm³/mol. The number of imidazole rings is 2. The summed E-state index contributed by atoms with van der Waals surface area (Å²) < 4.78 is 30.8. The maximum atomic E-state index is 12.9. The van der Waals surface area contributed by atoms with E-state index in [1.54, 1.807) is 33.6 Å². The predicted octanol–water partition coefficient (Wildman–Crippen LogP) is 1.65. The van der Waals surface area contributed by atoms with Gasteiger partial charge in [0.1, 0.15) is 5.82 Å². The van der Waals surface area contributed by atoms with Crippen LogP contribution in [0.2, 0.25) is 0 Å². The van der Waals surface area contributed by atoms with Crippen LogP contribution >= 0.6 is 0 Å². The zero-order chi connectivity index (χ0) is 18.5. The Hall–Kier alpha value is -2.26. The van der Waals surface area contributed by atoms with E-state index in [0.29, 0.717) is 18.9 Å². The van der Waals surface area contributed by atoms with Crippen molar-refractivity contribution < 1.29 is 8.42 Å². The zero-order valence-corrected chi connectivity index (χ0v) is 15.9. The smallest absolute Gasteiger partial charge is 0.260 e. The van der Waals surface area contributed by atoms with Gasteiger partial charge in [0.25, 0.3) is 10.0 Å². The van der Waals surface area contributed by atoms with Gasteiger partial charge >= 0.3 is 0 Å². The van der Waals surface area contributed by atoms with Gasteiger partial charge in [-0.05, 0) is 38.3 Å². The van der Waals surface area contributed by atoms with Crippen LogP contribution in [0.4, 0.5) is 0 Å². The summed E-state index contributed by atoms with van der Waals surface area (Å²) >= 11 is 0. The van der Waals surface area contributed by atoms with Crippen molar-refractivity contribution in [2.45, 2.75) is 37.6 Å². The number of fused-ring (bicyclic) bond motifs is 1. The molecule has 0 N–H and O–H groups in total. The zero-order valence-electron chi connectivity index (χ0n) is 15.1. The highest BCUT2D eigenvalue weighted by Crippen LogP contribution is 2.31. The molecule has 0 unspecified atom stereocenters. The van der Waals surface area contributed by atoms with Crippen molar-refractivity contribution in [1.82, 2.24) is 28.5 Å². The van der Waals surface area contributed by atoms with Crippen molar-refractivity contribution in [3.8, 4) is 0 Å². The van der Waals surface area contributed by atoms with Crippen LogP contribution in [0.15, 0.2) is 29.7 Å². The van der Waals surface area contributed by atoms with Crippen LogP contribution < -0.4 is 0 Å². The second kappa shape index (κ2) is 6.17. The lowest BCUT2D eigenvalue weighted by molar-refractivity contribution is 0.313. The van der Waals surface area contributed by atoms with Crippen molar-refractivity contribution in [2.24, 2.45) is 7.05 Å². The molecule has 1 aliphatic heterocycles. The van der Waals surface area contributed by atoms with E-state index in [1.165, 1.54) is 6.20 Å². The first-order chi connectivity index (χ1) is 12.4. The number of nitrogens with zero attached hydrogens (tertiary/aromatic N) is 6. The van der Waals surface area contributed by atoms with Crippen LogP contribution in [-0.2, 0) is 17.1 Å². The van der Waals surface area contributed by atoms with Crippen LogP contribution in [0, 0.1) is 13.8 Å². The van der Waals surface area contributed by atoms with E-state index in [-0.39, 0.29) is 10.9 Å². The van der Waals surface area contributed by atoms with Crippen molar-refractivity contribution in [3.05, 3.63) is 41.7 Å². The molecule has 4 heterocycles. The van der Waals surface area contributed by atoms with E-state index in [2.05, 4.69) is 9.97 Å². The molecule has 8 nitrogen and oxygen atoms in total. The minimum Gasteiger partial charge on any atom is -0.321 e. The Bertz CT molecular complexity index is 1060. The normalized spacial score (nSPS) is 17.2. The Morgan fingerprint density at radius 3 is 2.54 bits per heavy atom. The molecule has 0 amide bonds. The quantitative estimate of drug-likeness (QED) is 0.696. The fourth-order valence-corrected chi connectivity index (χ4v) is 5.21. The third-order valence-corrected chi connectivity index (χ3v) is 7.19. The van der Waals surface area contributed by atoms with Gasteiger partial charge in [0.2, 0.25) is 0 Å². The highest BCUT2D eigenvalue weighted by molar-refractivity contribution is 7.89. The molecule has 0 atom stereocenters. The summed E-state index contributed by atoms with van der Waals surface area (Å²) in [5.41, 5.74) is 2.97. The van der Waals surface area contributed by atoms with Crippen LogP contribution in [0.5, 0.6) is 0 Å². The molecule has 1 fully saturated rings. The first-order valence-electron chi connectivity index (χ1n) is 8.67. The molecule has 0 radical (unpaired) electrons. The molecular formula is C17H22N6O2S. The number of aryl methyl sites for hydroxylation is 2. The maximum Gasteiger partial charge on any atom is 0.260 e. The third-order valence-electron chi connectivity index (χ3n) is 5.24. The van der Waals surface area contributed by atoms with Crippen molar-refractivity contribution in [3.63, 3.8) is 0 Å². The molecule has 0 bridgehead atoms. The average Bonchev–Trinajstić information content (AvgIpc) is 3.21. The topological polar surface area (TPSA) is 85.4 Å². The molecule has 3 aromatic heterocycles. The second-order valence-corrected chi connectivity index (χ2v) is 8.71. The first kappa shape index (κ1) is 17.2. The summed E-state index contributed by atoms with van der Waals surface area (Å²) in [7, 11) is -1.78. The van der Waals surface area contributed by atoms with Gasteiger partial charge in [-0.15, -0.1) is 0 Å². The summed E-state index contributed by atoms with van der Waals surface area (Å²) in [6.45, 7) is 4.81. The van der Waals surface area contributed by atoms with Gasteiger partial charge < -0.3 is 4.57 Å². The van der Waals surface area contributed by atoms with E-state index in [4.69, 9.17) is 5.10 Å². The molecule has 0 saturated carbocycles. The van der Waals surface area contributed by atoms with E-state index >= 15 is 0 Å². The molecule has 0 spiro atoms. The summed E-state index contributed by atoms with van der Waals surface area (Å²) in [6, 6.07) is 2.03. The fraction of sp³-hybridized carbons (Fsp3) is 0.471. The molecular weight excluding hydrogens is 352 g/mol. The van der Waals surface area contributed by atoms with Crippen molar-refractivity contribution in [1.29, 1.82) is 0 Å². The number of aromatic nitrogens is 5. The number of piperidine rings is 1. The molecule has 0 aromatic carbocycles. The monoisotopic (exact) mass is 374 g/mol. The van der Waals surface area contributed by atoms with Crippen LogP contribution in [0.1, 0.15) is 35.8 Å². The first-order valence-corrected chi connectivity index (χ1v) is 10.1. The van der Waals surface area contributed by atoms with Gasteiger partial charge in [-0.2, -0.15) is 9.40 Å². The Morgan fingerprint density at radius 2 is 1.88 bits per heavy atom. The molecule has 3 aromatic rings. The average molecular weight is 374 g/mol. The SMILES string of the molecule is Cc1cc2nccn2nc1C1CCN(S(=O)(=O)c2cnc(C)n2C)CC1. The van der Waals surface area contributed by atoms with E-state index in [0.717, 1.165) is 29.7 Å². The molecule has 4 rings (SSSR count). The van der Waals surface area contributed by atoms with Crippen LogP contribution in [-0.4, -0.2) is 50.0 Å². The minimum atomic E-state index is -3.52. The van der Waals surface area contributed by atoms with Crippen LogP contribution in [0.25, 0.3) is 5.65 Å². The van der Waals surface area contributed by atoms with Crippen molar-refractivity contribution in [2.75, 3.05) is 13.1 Å². The largest absolute Gasteiger partial charge is 0.321 e.